The van der Waals surface area contributed by atoms with Gasteiger partial charge in [-0.1, -0.05) is 157 Å². The Morgan fingerprint density at radius 1 is 0.505 bits per heavy atom. The van der Waals surface area contributed by atoms with E-state index in [-0.39, 0.29) is 61.3 Å². The molecule has 5 amide bonds. The fourth-order valence-electron chi connectivity index (χ4n) is 13.6. The summed E-state index contributed by atoms with van der Waals surface area (Å²) in [7, 11) is 8.36. The van der Waals surface area contributed by atoms with E-state index in [9.17, 15) is 37.2 Å². The zero-order valence-electron chi connectivity index (χ0n) is 56.2. The number of amides is 5. The lowest BCUT2D eigenvalue weighted by molar-refractivity contribution is -0.149. The number of halogens is 5. The molecule has 0 aromatic heterocycles. The van der Waals surface area contributed by atoms with Crippen LogP contribution in [0.4, 0.5) is 11.4 Å². The van der Waals surface area contributed by atoms with Crippen LogP contribution in [0.15, 0.2) is 146 Å². The summed E-state index contributed by atoms with van der Waals surface area (Å²) in [6.07, 6.45) is 5.30. The van der Waals surface area contributed by atoms with Crippen molar-refractivity contribution in [3.63, 3.8) is 0 Å². The molecule has 25 heteroatoms. The Morgan fingerprint density at radius 3 is 1.32 bits per heavy atom. The molecule has 1 N–H and O–H groups in total. The molecule has 2 fully saturated rings. The van der Waals surface area contributed by atoms with Gasteiger partial charge in [0.1, 0.15) is 0 Å². The molecule has 16 nitrogen and oxygen atoms in total. The quantitative estimate of drug-likeness (QED) is 0.0604. The molecule has 2 unspecified atom stereocenters. The van der Waals surface area contributed by atoms with Crippen molar-refractivity contribution in [3.05, 3.63) is 199 Å². The second-order valence-corrected chi connectivity index (χ2v) is 30.3. The number of hydrogen-bond donors (Lipinski definition) is 1. The molecule has 524 valence electrons. The minimum Gasteiger partial charge on any atom is -0.344 e. The lowest BCUT2D eigenvalue weighted by Gasteiger charge is -2.46. The number of para-hydroxylation sites is 2. The molecule has 6 aromatic carbocycles. The van der Waals surface area contributed by atoms with Crippen LogP contribution in [0, 0.1) is 0 Å². The summed E-state index contributed by atoms with van der Waals surface area (Å²) in [4.78, 5) is 87.1. The number of likely N-dealkylation sites (N-methyl/N-ethyl adjacent to an activating group) is 6. The highest BCUT2D eigenvalue weighted by molar-refractivity contribution is 7.85. The molecule has 4 aliphatic heterocycles. The van der Waals surface area contributed by atoms with Crippen LogP contribution in [-0.4, -0.2) is 162 Å². The van der Waals surface area contributed by atoms with Gasteiger partial charge in [0.2, 0.25) is 11.8 Å². The van der Waals surface area contributed by atoms with Crippen molar-refractivity contribution >= 4 is 153 Å². The van der Waals surface area contributed by atoms with Crippen molar-refractivity contribution in [2.75, 3.05) is 104 Å². The second-order valence-electron chi connectivity index (χ2n) is 24.8. The number of nitrogens with zero attached hydrogens (tertiary/aromatic N) is 7. The minimum atomic E-state index is -1.13. The lowest BCUT2D eigenvalue weighted by atomic mass is 9.82. The zero-order chi connectivity index (χ0) is 69.0. The molecule has 4 heterocycles. The number of rotatable bonds is 19. The van der Waals surface area contributed by atoms with E-state index >= 15 is 0 Å². The second kappa shape index (κ2) is 35.8. The molecule has 2 saturated heterocycles. The number of nitrogens with one attached hydrogen (secondary N) is 1. The van der Waals surface area contributed by atoms with E-state index in [4.69, 9.17) is 58.0 Å². The van der Waals surface area contributed by atoms with E-state index in [1.54, 1.807) is 98.5 Å². The third kappa shape index (κ3) is 18.2. The van der Waals surface area contributed by atoms with Gasteiger partial charge in [0.05, 0.1) is 40.7 Å². The normalized spacial score (nSPS) is 17.7. The Bertz CT molecular complexity index is 3790. The first-order chi connectivity index (χ1) is 45.3. The molecule has 10 rings (SSSR count). The molecule has 4 atom stereocenters. The van der Waals surface area contributed by atoms with Gasteiger partial charge in [0.15, 0.2) is 0 Å². The largest absolute Gasteiger partial charge is 0.344 e. The number of anilines is 2. The lowest BCUT2D eigenvalue weighted by Crippen LogP contribution is -2.58. The van der Waals surface area contributed by atoms with Gasteiger partial charge in [-0.15, -0.1) is 0 Å². The molecule has 4 aliphatic rings. The van der Waals surface area contributed by atoms with Gasteiger partial charge in [-0.05, 0) is 165 Å². The number of hydrogen-bond acceptors (Lipinski definition) is 11. The van der Waals surface area contributed by atoms with Crippen LogP contribution in [0.2, 0.25) is 20.1 Å². The maximum atomic E-state index is 14.1. The van der Waals surface area contributed by atoms with E-state index in [2.05, 4.69) is 45.4 Å². The number of piperidine rings is 2. The highest BCUT2D eigenvalue weighted by Crippen LogP contribution is 2.49. The van der Waals surface area contributed by atoms with Gasteiger partial charge >= 0.3 is 23.0 Å². The number of fused-ring (bicyclic) bond motifs is 4. The topological polar surface area (TPSA) is 171 Å². The molecule has 6 aromatic rings. The molecule has 97 heavy (non-hydrogen) atoms. The Hall–Kier alpha value is -5.33. The number of benzene rings is 6. The van der Waals surface area contributed by atoms with Crippen molar-refractivity contribution in [1.82, 2.24) is 29.8 Å². The van der Waals surface area contributed by atoms with Crippen LogP contribution in [-0.2, 0) is 82.4 Å². The summed E-state index contributed by atoms with van der Waals surface area (Å²) in [5, 5.41) is 4.25. The van der Waals surface area contributed by atoms with Crippen molar-refractivity contribution < 1.29 is 37.2 Å². The third-order valence-electron chi connectivity index (χ3n) is 19.5. The van der Waals surface area contributed by atoms with E-state index in [0.717, 1.165) is 70.4 Å². The van der Waals surface area contributed by atoms with Gasteiger partial charge in [0, 0.05) is 119 Å². The highest BCUT2D eigenvalue weighted by Gasteiger charge is 2.50. The summed E-state index contributed by atoms with van der Waals surface area (Å²) in [6, 6.07) is 45.4. The zero-order valence-corrected chi connectivity index (χ0v) is 63.6. The van der Waals surface area contributed by atoms with Crippen molar-refractivity contribution in [2.45, 2.75) is 97.3 Å². The standard InChI is InChI=1S/C36H42Cl2N4O4S.C27H35Cl2N3O2S.C9H8ClNO2.2H2S/c1-5-32(43)39(2)25-35(27-15-16-30(37)31(38)23-27,41(4)34(45)33(44)40(3)28-12-7-6-8-13-28)17-20-42-21-18-36(19-22-42)29-14-10-9-11-26(29)24-47(36)46;1-4-25(33)31(3)19-26(30-2,21-9-10-23(28)24(29)17-21)11-14-32-15-12-27(13-16-32)22-8-6-5-7-20(22)18-35(27)34;1-11(9(13)8(10)12)7-5-3-2-4-6-7;;/h6-16,23H,5,17-22,24-25H2,1-4H3;5-10,17,30H,4,11-16,18-19H2,1-3H3;2-6H,1H3;2*1H2/t35-,47?;26-,35?;;;/m11.../s1. The third-order valence-corrected chi connectivity index (χ3v) is 25.3. The molecule has 2 spiro atoms. The molecule has 0 aliphatic carbocycles. The van der Waals surface area contributed by atoms with E-state index in [0.29, 0.717) is 74.5 Å². The smallest absolute Gasteiger partial charge is 0.316 e. The number of carbonyl (C=O) groups excluding carboxylic acids is 6. The van der Waals surface area contributed by atoms with Gasteiger partial charge < -0.3 is 39.6 Å². The summed E-state index contributed by atoms with van der Waals surface area (Å²) in [6.45, 7) is 9.05. The van der Waals surface area contributed by atoms with Gasteiger partial charge in [-0.25, -0.2) is 0 Å². The maximum absolute atomic E-state index is 14.1. The van der Waals surface area contributed by atoms with Crippen LogP contribution in [0.25, 0.3) is 0 Å². The van der Waals surface area contributed by atoms with Crippen LogP contribution >= 0.6 is 85.0 Å². The summed E-state index contributed by atoms with van der Waals surface area (Å²) in [5.74, 6) is -0.864. The van der Waals surface area contributed by atoms with Crippen LogP contribution in [0.5, 0.6) is 0 Å². The van der Waals surface area contributed by atoms with Crippen LogP contribution in [0.1, 0.15) is 98.6 Å². The highest BCUT2D eigenvalue weighted by atomic mass is 35.5. The van der Waals surface area contributed by atoms with Crippen LogP contribution < -0.4 is 15.1 Å². The SMILES string of the molecule is CCC(=O)N(C)C[C@@](CCN1CCC2(CC1)c1ccccc1CS2=O)(NC)c1ccc(Cl)c(Cl)c1.CCC(=O)N(C)C[C@](CCN1CCC2(CC1)c1ccccc1CS2=O)(c1ccc(Cl)c(Cl)c1)N(C)C(=O)C(=O)N(C)c1ccccc1.CN(C(=O)C(=O)Cl)c1ccccc1.S.S. The Morgan fingerprint density at radius 2 is 0.897 bits per heavy atom. The summed E-state index contributed by atoms with van der Waals surface area (Å²) < 4.78 is 26.0. The first-order valence-corrected chi connectivity index (χ1v) is 36.4. The van der Waals surface area contributed by atoms with Gasteiger partial charge in [-0.3, -0.25) is 37.2 Å². The minimum absolute atomic E-state index is 0. The fraction of sp³-hybridized carbons (Fsp3) is 0.417. The molecular formula is C72H89Cl5N8O8S4. The fourth-order valence-corrected chi connectivity index (χ4v) is 18.1. The first-order valence-electron chi connectivity index (χ1n) is 31.9. The summed E-state index contributed by atoms with van der Waals surface area (Å²) in [5.41, 5.74) is 6.24. The van der Waals surface area contributed by atoms with Crippen molar-refractivity contribution in [3.8, 4) is 0 Å². The Labute approximate surface area is 615 Å². The Balaban J connectivity index is 0.000000260. The van der Waals surface area contributed by atoms with Gasteiger partial charge in [0.25, 0.3) is 0 Å². The predicted octanol–water partition coefficient (Wildman–Crippen LogP) is 12.4. The molecular weight excluding hydrogens is 1410 g/mol. The monoisotopic (exact) mass is 1500 g/mol. The average molecular weight is 1500 g/mol. The predicted molar refractivity (Wildman–Crippen MR) is 406 cm³/mol. The first kappa shape index (κ1) is 80.6. The maximum Gasteiger partial charge on any atom is 0.316 e. The van der Waals surface area contributed by atoms with Crippen molar-refractivity contribution in [2.24, 2.45) is 0 Å². The number of carbonyl (C=O) groups is 6. The van der Waals surface area contributed by atoms with E-state index in [1.165, 1.54) is 44.0 Å². The average Bonchev–Trinajstić information content (AvgIpc) is 1.54. The van der Waals surface area contributed by atoms with Gasteiger partial charge in [-0.2, -0.15) is 27.0 Å². The molecule has 0 bridgehead atoms. The summed E-state index contributed by atoms with van der Waals surface area (Å²) >= 11 is 30.6. The number of likely N-dealkylation sites (tertiary alicyclic amines) is 2. The van der Waals surface area contributed by atoms with Crippen molar-refractivity contribution in [1.29, 1.82) is 0 Å². The van der Waals surface area contributed by atoms with Crippen LogP contribution in [0.3, 0.4) is 0 Å². The van der Waals surface area contributed by atoms with E-state index in [1.807, 2.05) is 75.6 Å². The Kier molecular flexibility index (Phi) is 29.8. The molecule has 0 saturated carbocycles. The molecule has 0 radical (unpaired) electrons. The van der Waals surface area contributed by atoms with E-state index < -0.39 is 55.6 Å².